The summed E-state index contributed by atoms with van der Waals surface area (Å²) in [6.45, 7) is 2.41. The summed E-state index contributed by atoms with van der Waals surface area (Å²) in [5.74, 6) is 0.266. The SMILES string of the molecule is CC1CCC(NS(=O)(=O)CC(=O)N(C)Cc2ccc(Br)o2)CC1. The first-order chi connectivity index (χ1) is 10.7. The third kappa shape index (κ3) is 5.93. The van der Waals surface area contributed by atoms with Gasteiger partial charge in [-0.1, -0.05) is 6.92 Å². The van der Waals surface area contributed by atoms with E-state index in [0.717, 1.165) is 25.7 Å². The average molecular weight is 407 g/mol. The van der Waals surface area contributed by atoms with E-state index in [-0.39, 0.29) is 12.6 Å². The third-order valence-electron chi connectivity index (χ3n) is 4.12. The molecule has 0 aliphatic heterocycles. The van der Waals surface area contributed by atoms with Gasteiger partial charge in [0.25, 0.3) is 0 Å². The highest BCUT2D eigenvalue weighted by Crippen LogP contribution is 2.24. The van der Waals surface area contributed by atoms with E-state index in [1.54, 1.807) is 19.2 Å². The maximum absolute atomic E-state index is 12.2. The molecule has 0 spiro atoms. The van der Waals surface area contributed by atoms with E-state index >= 15 is 0 Å². The summed E-state index contributed by atoms with van der Waals surface area (Å²) in [6.07, 6.45) is 3.72. The first-order valence-electron chi connectivity index (χ1n) is 7.73. The molecule has 1 N–H and O–H groups in total. The molecular weight excluding hydrogens is 384 g/mol. The lowest BCUT2D eigenvalue weighted by molar-refractivity contribution is -0.127. The molecule has 1 saturated carbocycles. The average Bonchev–Trinajstić information content (AvgIpc) is 2.86. The smallest absolute Gasteiger partial charge is 0.239 e. The second kappa shape index (κ2) is 7.81. The van der Waals surface area contributed by atoms with Gasteiger partial charge in [-0.25, -0.2) is 13.1 Å². The Morgan fingerprint density at radius 3 is 2.57 bits per heavy atom. The number of amides is 1. The standard InChI is InChI=1S/C15H23BrN2O4S/c1-11-3-5-12(6-4-11)17-23(20,21)10-15(19)18(2)9-13-7-8-14(16)22-13/h7-8,11-12,17H,3-6,9-10H2,1-2H3. The van der Waals surface area contributed by atoms with Crippen molar-refractivity contribution in [1.82, 2.24) is 9.62 Å². The number of hydrogen-bond donors (Lipinski definition) is 1. The van der Waals surface area contributed by atoms with Crippen molar-refractivity contribution in [3.8, 4) is 0 Å². The van der Waals surface area contributed by atoms with Gasteiger partial charge in [0, 0.05) is 13.1 Å². The highest BCUT2D eigenvalue weighted by atomic mass is 79.9. The van der Waals surface area contributed by atoms with Gasteiger partial charge in [0.05, 0.1) is 6.54 Å². The van der Waals surface area contributed by atoms with E-state index in [0.29, 0.717) is 16.3 Å². The van der Waals surface area contributed by atoms with Crippen LogP contribution in [0.25, 0.3) is 0 Å². The Morgan fingerprint density at radius 2 is 2.00 bits per heavy atom. The lowest BCUT2D eigenvalue weighted by Gasteiger charge is -2.26. The molecule has 6 nitrogen and oxygen atoms in total. The molecule has 23 heavy (non-hydrogen) atoms. The number of sulfonamides is 1. The normalized spacial score (nSPS) is 22.0. The van der Waals surface area contributed by atoms with E-state index in [1.165, 1.54) is 4.90 Å². The summed E-state index contributed by atoms with van der Waals surface area (Å²) < 4.78 is 32.9. The molecule has 1 amide bonds. The molecule has 0 atom stereocenters. The number of nitrogens with one attached hydrogen (secondary N) is 1. The number of carbonyl (C=O) groups is 1. The van der Waals surface area contributed by atoms with Crippen molar-refractivity contribution in [2.24, 2.45) is 5.92 Å². The maximum Gasteiger partial charge on any atom is 0.239 e. The predicted octanol–water partition coefficient (Wildman–Crippen LogP) is 2.50. The third-order valence-corrected chi connectivity index (χ3v) is 5.87. The van der Waals surface area contributed by atoms with Gasteiger partial charge in [0.15, 0.2) is 4.67 Å². The van der Waals surface area contributed by atoms with Crippen molar-refractivity contribution in [2.45, 2.75) is 45.2 Å². The number of furan rings is 1. The van der Waals surface area contributed by atoms with Crippen LogP contribution in [0.4, 0.5) is 0 Å². The van der Waals surface area contributed by atoms with E-state index in [2.05, 4.69) is 27.6 Å². The highest BCUT2D eigenvalue weighted by Gasteiger charge is 2.26. The van der Waals surface area contributed by atoms with Crippen LogP contribution < -0.4 is 4.72 Å². The first kappa shape index (κ1) is 18.5. The summed E-state index contributed by atoms with van der Waals surface area (Å²) in [7, 11) is -2.05. The Bertz CT molecular complexity index is 636. The summed E-state index contributed by atoms with van der Waals surface area (Å²) in [4.78, 5) is 13.5. The molecule has 0 aromatic carbocycles. The van der Waals surface area contributed by atoms with Gasteiger partial charge in [-0.2, -0.15) is 0 Å². The minimum Gasteiger partial charge on any atom is -0.452 e. The summed E-state index contributed by atoms with van der Waals surface area (Å²) in [6, 6.07) is 3.43. The van der Waals surface area contributed by atoms with Crippen molar-refractivity contribution in [3.05, 3.63) is 22.6 Å². The fraction of sp³-hybridized carbons (Fsp3) is 0.667. The maximum atomic E-state index is 12.2. The van der Waals surface area contributed by atoms with Gasteiger partial charge in [-0.05, 0) is 59.7 Å². The van der Waals surface area contributed by atoms with Crippen LogP contribution in [-0.2, 0) is 21.4 Å². The van der Waals surface area contributed by atoms with Crippen LogP contribution in [0.1, 0.15) is 38.4 Å². The van der Waals surface area contributed by atoms with Crippen molar-refractivity contribution in [2.75, 3.05) is 12.8 Å². The molecule has 0 unspecified atom stereocenters. The van der Waals surface area contributed by atoms with Crippen LogP contribution in [-0.4, -0.2) is 38.1 Å². The number of carbonyl (C=O) groups excluding carboxylic acids is 1. The molecule has 1 fully saturated rings. The largest absolute Gasteiger partial charge is 0.452 e. The van der Waals surface area contributed by atoms with Crippen molar-refractivity contribution >= 4 is 31.9 Å². The Morgan fingerprint density at radius 1 is 1.35 bits per heavy atom. The van der Waals surface area contributed by atoms with E-state index < -0.39 is 21.7 Å². The van der Waals surface area contributed by atoms with Gasteiger partial charge in [0.1, 0.15) is 11.5 Å². The van der Waals surface area contributed by atoms with Crippen molar-refractivity contribution in [1.29, 1.82) is 0 Å². The summed E-state index contributed by atoms with van der Waals surface area (Å²) in [5, 5.41) is 0. The van der Waals surface area contributed by atoms with Gasteiger partial charge < -0.3 is 9.32 Å². The van der Waals surface area contributed by atoms with Crippen LogP contribution in [0.3, 0.4) is 0 Å². The molecule has 0 saturated heterocycles. The van der Waals surface area contributed by atoms with E-state index in [1.807, 2.05) is 0 Å². The zero-order chi connectivity index (χ0) is 17.0. The van der Waals surface area contributed by atoms with Gasteiger partial charge >= 0.3 is 0 Å². The Balaban J connectivity index is 1.85. The molecule has 2 rings (SSSR count). The van der Waals surface area contributed by atoms with Crippen LogP contribution in [0.5, 0.6) is 0 Å². The van der Waals surface area contributed by atoms with Gasteiger partial charge in [-0.3, -0.25) is 4.79 Å². The number of halogens is 1. The Kier molecular flexibility index (Phi) is 6.27. The van der Waals surface area contributed by atoms with Crippen LogP contribution in [0.15, 0.2) is 21.2 Å². The predicted molar refractivity (Wildman–Crippen MR) is 91.2 cm³/mol. The molecule has 1 heterocycles. The second-order valence-corrected chi connectivity index (χ2v) is 8.82. The topological polar surface area (TPSA) is 79.6 Å². The molecular formula is C15H23BrN2O4S. The van der Waals surface area contributed by atoms with Gasteiger partial charge in [-0.15, -0.1) is 0 Å². The lowest BCUT2D eigenvalue weighted by atomic mass is 9.88. The quantitative estimate of drug-likeness (QED) is 0.786. The first-order valence-corrected chi connectivity index (χ1v) is 10.2. The van der Waals surface area contributed by atoms with Crippen LogP contribution >= 0.6 is 15.9 Å². The zero-order valence-electron chi connectivity index (χ0n) is 13.4. The minimum atomic E-state index is -3.61. The number of rotatable bonds is 6. The molecule has 8 heteroatoms. The second-order valence-electron chi connectivity index (χ2n) is 6.29. The summed E-state index contributed by atoms with van der Waals surface area (Å²) in [5.41, 5.74) is 0. The molecule has 0 bridgehead atoms. The number of hydrogen-bond acceptors (Lipinski definition) is 4. The molecule has 1 aromatic heterocycles. The van der Waals surface area contributed by atoms with Crippen LogP contribution in [0.2, 0.25) is 0 Å². The van der Waals surface area contributed by atoms with E-state index in [4.69, 9.17) is 4.42 Å². The molecule has 1 aliphatic carbocycles. The summed E-state index contributed by atoms with van der Waals surface area (Å²) >= 11 is 3.19. The lowest BCUT2D eigenvalue weighted by Crippen LogP contribution is -2.42. The van der Waals surface area contributed by atoms with Crippen molar-refractivity contribution < 1.29 is 17.6 Å². The Hall–Kier alpha value is -0.860. The van der Waals surface area contributed by atoms with E-state index in [9.17, 15) is 13.2 Å². The zero-order valence-corrected chi connectivity index (χ0v) is 15.8. The molecule has 1 aromatic rings. The minimum absolute atomic E-state index is 0.0460. The Labute approximate surface area is 145 Å². The molecule has 0 radical (unpaired) electrons. The monoisotopic (exact) mass is 406 g/mol. The fourth-order valence-electron chi connectivity index (χ4n) is 2.70. The highest BCUT2D eigenvalue weighted by molar-refractivity contribution is 9.10. The fourth-order valence-corrected chi connectivity index (χ4v) is 4.42. The molecule has 130 valence electrons. The van der Waals surface area contributed by atoms with Gasteiger partial charge in [0.2, 0.25) is 15.9 Å². The number of nitrogens with zero attached hydrogens (tertiary/aromatic N) is 1. The molecule has 1 aliphatic rings. The van der Waals surface area contributed by atoms with Crippen LogP contribution in [0, 0.1) is 5.92 Å². The van der Waals surface area contributed by atoms with Crippen molar-refractivity contribution in [3.63, 3.8) is 0 Å².